The number of likely N-dealkylation sites (tertiary alicyclic amines) is 1. The van der Waals surface area contributed by atoms with Crippen molar-refractivity contribution in [1.82, 2.24) is 15.5 Å². The van der Waals surface area contributed by atoms with Gasteiger partial charge in [0, 0.05) is 38.4 Å². The fourth-order valence-corrected chi connectivity index (χ4v) is 4.92. The highest BCUT2D eigenvalue weighted by Crippen LogP contribution is 2.28. The van der Waals surface area contributed by atoms with Crippen LogP contribution in [-0.4, -0.2) is 62.0 Å². The standard InChI is InChI=1S/C23H34N4O2.2ClH/c1-17-8-9-21(26-11-2-3-12-26)19(14-17)23(29)27-13-5-6-18(16-27)15-25-22(28)20-7-4-10-24-20;;/h8-9,14,18,20,24H,2-7,10-13,15-16H2,1H3,(H,25,28);2*1H. The van der Waals surface area contributed by atoms with E-state index in [0.717, 1.165) is 75.2 Å². The molecule has 0 saturated carbocycles. The number of anilines is 1. The molecule has 2 N–H and O–H groups in total. The summed E-state index contributed by atoms with van der Waals surface area (Å²) in [4.78, 5) is 30.1. The molecule has 2 unspecified atom stereocenters. The van der Waals surface area contributed by atoms with Crippen LogP contribution in [0.2, 0.25) is 0 Å². The molecule has 174 valence electrons. The Hall–Kier alpha value is -1.50. The third-order valence-electron chi connectivity index (χ3n) is 6.58. The number of nitrogens with one attached hydrogen (secondary N) is 2. The Morgan fingerprint density at radius 3 is 2.55 bits per heavy atom. The van der Waals surface area contributed by atoms with Crippen molar-refractivity contribution in [3.8, 4) is 0 Å². The SMILES string of the molecule is Cc1ccc(N2CCCC2)c(C(=O)N2CCCC(CNC(=O)C3CCCN3)C2)c1.Cl.Cl. The summed E-state index contributed by atoms with van der Waals surface area (Å²) < 4.78 is 0. The van der Waals surface area contributed by atoms with E-state index in [9.17, 15) is 9.59 Å². The molecule has 0 aliphatic carbocycles. The number of halogens is 2. The molecule has 1 aromatic rings. The summed E-state index contributed by atoms with van der Waals surface area (Å²) in [6.07, 6.45) is 6.45. The molecule has 3 saturated heterocycles. The molecule has 2 amide bonds. The van der Waals surface area contributed by atoms with E-state index in [1.807, 2.05) is 11.0 Å². The number of rotatable bonds is 5. The molecule has 3 aliphatic heterocycles. The highest BCUT2D eigenvalue weighted by atomic mass is 35.5. The van der Waals surface area contributed by atoms with Crippen LogP contribution in [0.15, 0.2) is 18.2 Å². The minimum Gasteiger partial charge on any atom is -0.371 e. The maximum Gasteiger partial charge on any atom is 0.255 e. The third-order valence-corrected chi connectivity index (χ3v) is 6.58. The Morgan fingerprint density at radius 2 is 1.84 bits per heavy atom. The molecule has 4 rings (SSSR count). The van der Waals surface area contributed by atoms with Crippen molar-refractivity contribution < 1.29 is 9.59 Å². The van der Waals surface area contributed by atoms with Crippen LogP contribution < -0.4 is 15.5 Å². The van der Waals surface area contributed by atoms with Crippen LogP contribution in [-0.2, 0) is 4.79 Å². The second-order valence-electron chi connectivity index (χ2n) is 8.87. The first-order valence-corrected chi connectivity index (χ1v) is 11.3. The average molecular weight is 471 g/mol. The quantitative estimate of drug-likeness (QED) is 0.693. The van der Waals surface area contributed by atoms with Crippen LogP contribution in [0, 0.1) is 12.8 Å². The lowest BCUT2D eigenvalue weighted by Crippen LogP contribution is -2.47. The molecule has 3 heterocycles. The molecule has 2 atom stereocenters. The number of carbonyl (C=O) groups is 2. The number of nitrogens with zero attached hydrogens (tertiary/aromatic N) is 2. The van der Waals surface area contributed by atoms with Crippen molar-refractivity contribution in [2.45, 2.75) is 51.5 Å². The summed E-state index contributed by atoms with van der Waals surface area (Å²) in [7, 11) is 0. The maximum absolute atomic E-state index is 13.4. The monoisotopic (exact) mass is 470 g/mol. The Bertz CT molecular complexity index is 749. The number of hydrogen-bond donors (Lipinski definition) is 2. The van der Waals surface area contributed by atoms with E-state index in [1.165, 1.54) is 12.8 Å². The zero-order valence-corrected chi connectivity index (χ0v) is 20.0. The molecular weight excluding hydrogens is 435 g/mol. The first-order valence-electron chi connectivity index (χ1n) is 11.3. The van der Waals surface area contributed by atoms with Crippen LogP contribution >= 0.6 is 24.8 Å². The van der Waals surface area contributed by atoms with E-state index in [1.54, 1.807) is 0 Å². The summed E-state index contributed by atoms with van der Waals surface area (Å²) in [6.45, 7) is 7.25. The molecule has 8 heteroatoms. The van der Waals surface area contributed by atoms with Crippen LogP contribution in [0.25, 0.3) is 0 Å². The van der Waals surface area contributed by atoms with Gasteiger partial charge in [0.2, 0.25) is 5.91 Å². The predicted octanol–water partition coefficient (Wildman–Crippen LogP) is 3.16. The van der Waals surface area contributed by atoms with Gasteiger partial charge in [0.1, 0.15) is 0 Å². The van der Waals surface area contributed by atoms with Gasteiger partial charge in [-0.3, -0.25) is 9.59 Å². The molecule has 0 aromatic heterocycles. The normalized spacial score (nSPS) is 23.1. The topological polar surface area (TPSA) is 64.7 Å². The highest BCUT2D eigenvalue weighted by molar-refractivity contribution is 6.00. The number of benzene rings is 1. The lowest BCUT2D eigenvalue weighted by Gasteiger charge is -2.34. The van der Waals surface area contributed by atoms with Gasteiger partial charge in [0.25, 0.3) is 5.91 Å². The number of carbonyl (C=O) groups excluding carboxylic acids is 2. The second kappa shape index (κ2) is 11.9. The van der Waals surface area contributed by atoms with Crippen LogP contribution in [0.1, 0.15) is 54.4 Å². The van der Waals surface area contributed by atoms with Crippen LogP contribution in [0.4, 0.5) is 5.69 Å². The van der Waals surface area contributed by atoms with Crippen molar-refractivity contribution in [2.75, 3.05) is 44.2 Å². The van der Waals surface area contributed by atoms with E-state index < -0.39 is 0 Å². The van der Waals surface area contributed by atoms with Crippen molar-refractivity contribution in [3.63, 3.8) is 0 Å². The molecule has 0 spiro atoms. The third kappa shape index (κ3) is 6.27. The minimum atomic E-state index is -0.0355. The maximum atomic E-state index is 13.4. The first-order chi connectivity index (χ1) is 14.1. The van der Waals surface area contributed by atoms with Crippen molar-refractivity contribution in [3.05, 3.63) is 29.3 Å². The van der Waals surface area contributed by atoms with Crippen molar-refractivity contribution >= 4 is 42.3 Å². The Kier molecular flexibility index (Phi) is 9.91. The summed E-state index contributed by atoms with van der Waals surface area (Å²) in [6, 6.07) is 6.24. The largest absolute Gasteiger partial charge is 0.371 e. The van der Waals surface area contributed by atoms with Crippen LogP contribution in [0.3, 0.4) is 0 Å². The van der Waals surface area contributed by atoms with Gasteiger partial charge in [-0.1, -0.05) is 11.6 Å². The molecule has 3 fully saturated rings. The Morgan fingerprint density at radius 1 is 1.06 bits per heavy atom. The zero-order valence-electron chi connectivity index (χ0n) is 18.4. The summed E-state index contributed by atoms with van der Waals surface area (Å²) in [5, 5.41) is 6.36. The fraction of sp³-hybridized carbons (Fsp3) is 0.652. The summed E-state index contributed by atoms with van der Waals surface area (Å²) >= 11 is 0. The van der Waals surface area contributed by atoms with Crippen molar-refractivity contribution in [2.24, 2.45) is 5.92 Å². The number of hydrogen-bond acceptors (Lipinski definition) is 4. The van der Waals surface area contributed by atoms with Gasteiger partial charge in [-0.05, 0) is 70.0 Å². The number of piperidine rings is 1. The van der Waals surface area contributed by atoms with E-state index in [2.05, 4.69) is 34.6 Å². The van der Waals surface area contributed by atoms with Crippen LogP contribution in [0.5, 0.6) is 0 Å². The highest BCUT2D eigenvalue weighted by Gasteiger charge is 2.29. The van der Waals surface area contributed by atoms with Gasteiger partial charge < -0.3 is 20.4 Å². The summed E-state index contributed by atoms with van der Waals surface area (Å²) in [5.41, 5.74) is 3.05. The van der Waals surface area contributed by atoms with E-state index in [-0.39, 0.29) is 42.7 Å². The second-order valence-corrected chi connectivity index (χ2v) is 8.87. The number of aryl methyl sites for hydroxylation is 1. The van der Waals surface area contributed by atoms with Gasteiger partial charge in [-0.25, -0.2) is 0 Å². The van der Waals surface area contributed by atoms with E-state index in [0.29, 0.717) is 12.5 Å². The molecule has 0 bridgehead atoms. The zero-order chi connectivity index (χ0) is 20.2. The Balaban J connectivity index is 0.00000171. The molecular formula is C23H36Cl2N4O2. The lowest BCUT2D eigenvalue weighted by molar-refractivity contribution is -0.123. The first kappa shape index (κ1) is 25.8. The molecule has 3 aliphatic rings. The molecule has 6 nitrogen and oxygen atoms in total. The fourth-order valence-electron chi connectivity index (χ4n) is 4.92. The van der Waals surface area contributed by atoms with E-state index >= 15 is 0 Å². The predicted molar refractivity (Wildman–Crippen MR) is 130 cm³/mol. The lowest BCUT2D eigenvalue weighted by atomic mass is 9.96. The summed E-state index contributed by atoms with van der Waals surface area (Å²) in [5.74, 6) is 0.586. The molecule has 31 heavy (non-hydrogen) atoms. The average Bonchev–Trinajstić information content (AvgIpc) is 3.46. The Labute approximate surface area is 198 Å². The van der Waals surface area contributed by atoms with Gasteiger partial charge in [-0.2, -0.15) is 0 Å². The number of amides is 2. The smallest absolute Gasteiger partial charge is 0.255 e. The van der Waals surface area contributed by atoms with Gasteiger partial charge in [0.05, 0.1) is 11.6 Å². The molecule has 1 aromatic carbocycles. The van der Waals surface area contributed by atoms with Gasteiger partial charge in [0.15, 0.2) is 0 Å². The van der Waals surface area contributed by atoms with Gasteiger partial charge >= 0.3 is 0 Å². The molecule has 0 radical (unpaired) electrons. The van der Waals surface area contributed by atoms with Gasteiger partial charge in [-0.15, -0.1) is 24.8 Å². The van der Waals surface area contributed by atoms with Crippen molar-refractivity contribution in [1.29, 1.82) is 0 Å². The minimum absolute atomic E-state index is 0. The van der Waals surface area contributed by atoms with E-state index in [4.69, 9.17) is 0 Å².